The maximum atomic E-state index is 12.8. The molecule has 1 aliphatic heterocycles. The summed E-state index contributed by atoms with van der Waals surface area (Å²) in [7, 11) is -0.600. The van der Waals surface area contributed by atoms with Crippen LogP contribution in [-0.2, 0) is 15.0 Å². The molecule has 1 heterocycles. The number of anilines is 1. The van der Waals surface area contributed by atoms with E-state index in [4.69, 9.17) is 0 Å². The van der Waals surface area contributed by atoms with Crippen LogP contribution in [0.25, 0.3) is 0 Å². The lowest BCUT2D eigenvalue weighted by Crippen LogP contribution is -2.47. The van der Waals surface area contributed by atoms with Gasteiger partial charge in [-0.2, -0.15) is 17.0 Å². The minimum atomic E-state index is -3.55. The molecule has 2 N–H and O–H groups in total. The van der Waals surface area contributed by atoms with Crippen molar-refractivity contribution in [2.45, 2.75) is 39.2 Å². The third-order valence-corrected chi connectivity index (χ3v) is 6.87. The van der Waals surface area contributed by atoms with E-state index in [0.717, 1.165) is 10.7 Å². The maximum absolute atomic E-state index is 12.8. The summed E-state index contributed by atoms with van der Waals surface area (Å²) >= 11 is 0. The molecule has 8 nitrogen and oxygen atoms in total. The molecule has 0 spiro atoms. The number of amides is 2. The van der Waals surface area contributed by atoms with E-state index >= 15 is 0 Å². The van der Waals surface area contributed by atoms with Crippen molar-refractivity contribution in [3.05, 3.63) is 29.8 Å². The molecule has 2 atom stereocenters. The van der Waals surface area contributed by atoms with Gasteiger partial charge < -0.3 is 10.6 Å². The fourth-order valence-corrected chi connectivity index (χ4v) is 4.22. The highest BCUT2D eigenvalue weighted by Crippen LogP contribution is 2.23. The van der Waals surface area contributed by atoms with Crippen LogP contribution in [0.2, 0.25) is 0 Å². The SMILES string of the molecule is CC[C@@H](C)NC(=O)c1ccccc1NC(=O)[C@H]1CCCN(S(=O)(=O)N(C)C)C1. The van der Waals surface area contributed by atoms with Crippen molar-refractivity contribution in [1.82, 2.24) is 13.9 Å². The first-order valence-corrected chi connectivity index (χ1v) is 10.9. The molecular formula is C19H30N4O4S. The number of piperidine rings is 1. The first-order valence-electron chi connectivity index (χ1n) is 9.55. The number of hydrogen-bond donors (Lipinski definition) is 2. The van der Waals surface area contributed by atoms with Crippen LogP contribution in [0.1, 0.15) is 43.5 Å². The molecule has 1 saturated heterocycles. The van der Waals surface area contributed by atoms with Crippen LogP contribution in [0.4, 0.5) is 5.69 Å². The van der Waals surface area contributed by atoms with Gasteiger partial charge in [0.2, 0.25) is 5.91 Å². The first kappa shape index (κ1) is 22.3. The summed E-state index contributed by atoms with van der Waals surface area (Å²) in [5, 5.41) is 5.71. The zero-order chi connectivity index (χ0) is 20.9. The van der Waals surface area contributed by atoms with E-state index < -0.39 is 16.1 Å². The molecule has 0 bridgehead atoms. The normalized spacial score (nSPS) is 19.2. The minimum absolute atomic E-state index is 0.0272. The highest BCUT2D eigenvalue weighted by atomic mass is 32.2. The second-order valence-corrected chi connectivity index (χ2v) is 9.45. The van der Waals surface area contributed by atoms with Crippen LogP contribution < -0.4 is 10.6 Å². The lowest BCUT2D eigenvalue weighted by molar-refractivity contribution is -0.120. The Balaban J connectivity index is 2.12. The number of hydrogen-bond acceptors (Lipinski definition) is 4. The largest absolute Gasteiger partial charge is 0.350 e. The van der Waals surface area contributed by atoms with E-state index in [1.807, 2.05) is 13.8 Å². The number of nitrogens with one attached hydrogen (secondary N) is 2. The summed E-state index contributed by atoms with van der Waals surface area (Å²) in [6.45, 7) is 4.43. The number of para-hydroxylation sites is 1. The quantitative estimate of drug-likeness (QED) is 0.714. The van der Waals surface area contributed by atoms with E-state index in [-0.39, 0.29) is 24.4 Å². The fraction of sp³-hybridized carbons (Fsp3) is 0.579. The Morgan fingerprint density at radius 3 is 2.61 bits per heavy atom. The Morgan fingerprint density at radius 2 is 1.96 bits per heavy atom. The number of benzene rings is 1. The van der Waals surface area contributed by atoms with Crippen molar-refractivity contribution in [1.29, 1.82) is 0 Å². The van der Waals surface area contributed by atoms with Crippen LogP contribution >= 0.6 is 0 Å². The molecule has 156 valence electrons. The summed E-state index contributed by atoms with van der Waals surface area (Å²) in [6, 6.07) is 6.86. The van der Waals surface area contributed by atoms with Gasteiger partial charge in [-0.15, -0.1) is 0 Å². The monoisotopic (exact) mass is 410 g/mol. The maximum Gasteiger partial charge on any atom is 0.281 e. The topological polar surface area (TPSA) is 98.8 Å². The average Bonchev–Trinajstić information content (AvgIpc) is 2.68. The smallest absolute Gasteiger partial charge is 0.281 e. The molecule has 1 aliphatic rings. The summed E-state index contributed by atoms with van der Waals surface area (Å²) in [4.78, 5) is 25.3. The molecule has 0 aliphatic carbocycles. The second kappa shape index (κ2) is 9.49. The van der Waals surface area contributed by atoms with E-state index in [9.17, 15) is 18.0 Å². The van der Waals surface area contributed by atoms with Gasteiger partial charge in [-0.3, -0.25) is 9.59 Å². The fourth-order valence-electron chi connectivity index (χ4n) is 3.03. The van der Waals surface area contributed by atoms with Gasteiger partial charge in [0.15, 0.2) is 0 Å². The summed E-state index contributed by atoms with van der Waals surface area (Å²) < 4.78 is 27.2. The highest BCUT2D eigenvalue weighted by Gasteiger charge is 2.33. The van der Waals surface area contributed by atoms with Gasteiger partial charge in [0.25, 0.3) is 16.1 Å². The van der Waals surface area contributed by atoms with Gasteiger partial charge in [0.05, 0.1) is 17.2 Å². The molecule has 2 amide bonds. The lowest BCUT2D eigenvalue weighted by atomic mass is 9.98. The average molecular weight is 411 g/mol. The van der Waals surface area contributed by atoms with E-state index in [2.05, 4.69) is 10.6 Å². The zero-order valence-corrected chi connectivity index (χ0v) is 17.8. The standard InChI is InChI=1S/C19H30N4O4S/c1-5-14(2)20-19(25)16-10-6-7-11-17(16)21-18(24)15-9-8-12-23(13-15)28(26,27)22(3)4/h6-7,10-11,14-15H,5,8-9,12-13H2,1-4H3,(H,20,25)(H,21,24)/t14-,15+/m1/s1. The van der Waals surface area contributed by atoms with Gasteiger partial charge in [-0.05, 0) is 38.3 Å². The van der Waals surface area contributed by atoms with Gasteiger partial charge >= 0.3 is 0 Å². The Morgan fingerprint density at radius 1 is 1.29 bits per heavy atom. The van der Waals surface area contributed by atoms with Gasteiger partial charge in [-0.25, -0.2) is 0 Å². The van der Waals surface area contributed by atoms with E-state index in [1.165, 1.54) is 18.4 Å². The van der Waals surface area contributed by atoms with Crippen molar-refractivity contribution < 1.29 is 18.0 Å². The number of carbonyl (C=O) groups is 2. The molecule has 28 heavy (non-hydrogen) atoms. The molecule has 0 aromatic heterocycles. The third-order valence-electron chi connectivity index (χ3n) is 4.96. The molecule has 0 unspecified atom stereocenters. The van der Waals surface area contributed by atoms with Crippen LogP contribution in [-0.4, -0.2) is 62.1 Å². The van der Waals surface area contributed by atoms with Crippen LogP contribution in [0.5, 0.6) is 0 Å². The predicted octanol–water partition coefficient (Wildman–Crippen LogP) is 1.67. The van der Waals surface area contributed by atoms with Crippen LogP contribution in [0.3, 0.4) is 0 Å². The third kappa shape index (κ3) is 5.30. The highest BCUT2D eigenvalue weighted by molar-refractivity contribution is 7.86. The van der Waals surface area contributed by atoms with Gasteiger partial charge in [0, 0.05) is 33.2 Å². The Kier molecular flexibility index (Phi) is 7.56. The Hall–Kier alpha value is -1.97. The molecule has 0 radical (unpaired) electrons. The van der Waals surface area contributed by atoms with Gasteiger partial charge in [-0.1, -0.05) is 19.1 Å². The summed E-state index contributed by atoms with van der Waals surface area (Å²) in [6.07, 6.45) is 2.02. The molecule has 1 aromatic carbocycles. The van der Waals surface area contributed by atoms with Crippen molar-refractivity contribution >= 4 is 27.7 Å². The second-order valence-electron chi connectivity index (χ2n) is 7.30. The van der Waals surface area contributed by atoms with Crippen molar-refractivity contribution in [2.75, 3.05) is 32.5 Å². The molecular weight excluding hydrogens is 380 g/mol. The predicted molar refractivity (Wildman–Crippen MR) is 109 cm³/mol. The number of carbonyl (C=O) groups excluding carboxylic acids is 2. The molecule has 9 heteroatoms. The first-order chi connectivity index (χ1) is 13.2. The lowest BCUT2D eigenvalue weighted by Gasteiger charge is -2.32. The number of nitrogens with zero attached hydrogens (tertiary/aromatic N) is 2. The van der Waals surface area contributed by atoms with E-state index in [1.54, 1.807) is 24.3 Å². The molecule has 0 saturated carbocycles. The molecule has 1 aromatic rings. The Bertz CT molecular complexity index is 810. The van der Waals surface area contributed by atoms with Crippen molar-refractivity contribution in [2.24, 2.45) is 5.92 Å². The Labute approximate surface area is 167 Å². The van der Waals surface area contributed by atoms with Crippen molar-refractivity contribution in [3.8, 4) is 0 Å². The van der Waals surface area contributed by atoms with E-state index in [0.29, 0.717) is 30.6 Å². The zero-order valence-electron chi connectivity index (χ0n) is 16.9. The minimum Gasteiger partial charge on any atom is -0.350 e. The summed E-state index contributed by atoms with van der Waals surface area (Å²) in [5.74, 6) is -0.984. The molecule has 1 fully saturated rings. The van der Waals surface area contributed by atoms with Crippen molar-refractivity contribution in [3.63, 3.8) is 0 Å². The van der Waals surface area contributed by atoms with Crippen LogP contribution in [0.15, 0.2) is 24.3 Å². The molecule has 2 rings (SSSR count). The number of rotatable bonds is 7. The summed E-state index contributed by atoms with van der Waals surface area (Å²) in [5.41, 5.74) is 0.825. The van der Waals surface area contributed by atoms with Gasteiger partial charge in [0.1, 0.15) is 0 Å². The van der Waals surface area contributed by atoms with Crippen LogP contribution in [0, 0.1) is 5.92 Å².